The zero-order valence-electron chi connectivity index (χ0n) is 13.4. The lowest BCUT2D eigenvalue weighted by Gasteiger charge is -2.35. The van der Waals surface area contributed by atoms with Crippen molar-refractivity contribution in [3.63, 3.8) is 0 Å². The van der Waals surface area contributed by atoms with E-state index in [4.69, 9.17) is 16.3 Å². The molecule has 1 atom stereocenters. The van der Waals surface area contributed by atoms with Gasteiger partial charge in [-0.15, -0.1) is 0 Å². The number of hydrogen-bond acceptors (Lipinski definition) is 4. The first-order valence-corrected chi connectivity index (χ1v) is 8.42. The van der Waals surface area contributed by atoms with Crippen LogP contribution in [-0.2, 0) is 16.0 Å². The van der Waals surface area contributed by atoms with Crippen LogP contribution in [0.3, 0.4) is 0 Å². The van der Waals surface area contributed by atoms with Crippen LogP contribution >= 0.6 is 11.6 Å². The first kappa shape index (κ1) is 17.0. The highest BCUT2D eigenvalue weighted by Gasteiger charge is 2.23. The standard InChI is InChI=1S/C17H21ClN4O2/c18-14-3-1-2-13(10-14)16(22-6-8-24-9-7-22)12-19-17(23)11-15-4-5-20-21-15/h1-5,10,16H,6-9,11-12H2,(H,19,23)(H,20,21)/t16-/m0/s1. The Labute approximate surface area is 146 Å². The Morgan fingerprint density at radius 1 is 1.38 bits per heavy atom. The van der Waals surface area contributed by atoms with Crippen molar-refractivity contribution in [3.8, 4) is 0 Å². The third kappa shape index (κ3) is 4.56. The van der Waals surface area contributed by atoms with Crippen molar-refractivity contribution in [1.29, 1.82) is 0 Å². The van der Waals surface area contributed by atoms with Crippen molar-refractivity contribution in [2.45, 2.75) is 12.5 Å². The number of nitrogens with zero attached hydrogens (tertiary/aromatic N) is 2. The number of hydrogen-bond donors (Lipinski definition) is 2. The topological polar surface area (TPSA) is 70.2 Å². The molecule has 1 aromatic heterocycles. The molecule has 128 valence electrons. The van der Waals surface area contributed by atoms with Gasteiger partial charge in [0.05, 0.1) is 25.7 Å². The third-order valence-electron chi connectivity index (χ3n) is 4.12. The molecule has 0 aliphatic carbocycles. The number of aromatic nitrogens is 2. The van der Waals surface area contributed by atoms with E-state index >= 15 is 0 Å². The smallest absolute Gasteiger partial charge is 0.226 e. The number of H-pyrrole nitrogens is 1. The van der Waals surface area contributed by atoms with Crippen LogP contribution in [0.5, 0.6) is 0 Å². The summed E-state index contributed by atoms with van der Waals surface area (Å²) in [5, 5.41) is 10.4. The minimum Gasteiger partial charge on any atom is -0.379 e. The number of benzene rings is 1. The number of carbonyl (C=O) groups excluding carboxylic acids is 1. The number of rotatable bonds is 6. The Bertz CT molecular complexity index is 656. The van der Waals surface area contributed by atoms with E-state index in [1.807, 2.05) is 24.3 Å². The fraction of sp³-hybridized carbons (Fsp3) is 0.412. The minimum atomic E-state index is -0.0282. The van der Waals surface area contributed by atoms with E-state index in [2.05, 4.69) is 20.4 Å². The van der Waals surface area contributed by atoms with Crippen molar-refractivity contribution >= 4 is 17.5 Å². The van der Waals surface area contributed by atoms with Gasteiger partial charge in [-0.25, -0.2) is 0 Å². The van der Waals surface area contributed by atoms with Crippen molar-refractivity contribution in [2.75, 3.05) is 32.8 Å². The van der Waals surface area contributed by atoms with Gasteiger partial charge in [-0.05, 0) is 23.8 Å². The van der Waals surface area contributed by atoms with Crippen LogP contribution < -0.4 is 5.32 Å². The summed E-state index contributed by atoms with van der Waals surface area (Å²) in [4.78, 5) is 14.5. The quantitative estimate of drug-likeness (QED) is 0.835. The molecule has 0 saturated carbocycles. The molecule has 0 radical (unpaired) electrons. The molecule has 2 heterocycles. The molecule has 3 rings (SSSR count). The normalized spacial score (nSPS) is 16.7. The van der Waals surface area contributed by atoms with E-state index in [-0.39, 0.29) is 11.9 Å². The van der Waals surface area contributed by atoms with Crippen molar-refractivity contribution < 1.29 is 9.53 Å². The molecule has 7 heteroatoms. The first-order chi connectivity index (χ1) is 11.7. The third-order valence-corrected chi connectivity index (χ3v) is 4.36. The number of halogens is 1. The molecule has 1 aliphatic heterocycles. The van der Waals surface area contributed by atoms with Gasteiger partial charge in [0.15, 0.2) is 0 Å². The Hall–Kier alpha value is -1.89. The maximum Gasteiger partial charge on any atom is 0.226 e. The van der Waals surface area contributed by atoms with Gasteiger partial charge in [0.1, 0.15) is 0 Å². The van der Waals surface area contributed by atoms with E-state index < -0.39 is 0 Å². The molecule has 2 aromatic rings. The second kappa shape index (κ2) is 8.28. The van der Waals surface area contributed by atoms with Gasteiger partial charge < -0.3 is 10.1 Å². The summed E-state index contributed by atoms with van der Waals surface area (Å²) in [6.45, 7) is 3.63. The Morgan fingerprint density at radius 3 is 2.92 bits per heavy atom. The van der Waals surface area contributed by atoms with Crippen molar-refractivity contribution in [3.05, 3.63) is 52.8 Å². The lowest BCUT2D eigenvalue weighted by atomic mass is 10.0. The number of amides is 1. The van der Waals surface area contributed by atoms with Crippen LogP contribution in [0.2, 0.25) is 5.02 Å². The minimum absolute atomic E-state index is 0.0282. The predicted molar refractivity (Wildman–Crippen MR) is 91.9 cm³/mol. The molecule has 0 unspecified atom stereocenters. The Kier molecular flexibility index (Phi) is 5.85. The number of morpholine rings is 1. The van der Waals surface area contributed by atoms with Crippen molar-refractivity contribution in [2.24, 2.45) is 0 Å². The van der Waals surface area contributed by atoms with Gasteiger partial charge in [0.2, 0.25) is 5.91 Å². The summed E-state index contributed by atoms with van der Waals surface area (Å²) in [5.74, 6) is -0.0282. The maximum atomic E-state index is 12.2. The number of aromatic amines is 1. The monoisotopic (exact) mass is 348 g/mol. The lowest BCUT2D eigenvalue weighted by molar-refractivity contribution is -0.120. The molecule has 0 spiro atoms. The average Bonchev–Trinajstić information content (AvgIpc) is 3.09. The molecular formula is C17H21ClN4O2. The van der Waals surface area contributed by atoms with E-state index in [0.717, 1.165) is 24.3 Å². The molecule has 2 N–H and O–H groups in total. The molecule has 24 heavy (non-hydrogen) atoms. The van der Waals surface area contributed by atoms with Gasteiger partial charge in [-0.3, -0.25) is 14.8 Å². The van der Waals surface area contributed by atoms with Crippen molar-refractivity contribution in [1.82, 2.24) is 20.4 Å². The molecule has 0 bridgehead atoms. The zero-order chi connectivity index (χ0) is 16.8. The molecule has 1 saturated heterocycles. The molecule has 1 aromatic carbocycles. The van der Waals surface area contributed by atoms with Crippen LogP contribution in [0, 0.1) is 0 Å². The summed E-state index contributed by atoms with van der Waals surface area (Å²) in [7, 11) is 0. The van der Waals surface area contributed by atoms with Crippen LogP contribution in [0.1, 0.15) is 17.3 Å². The van der Waals surface area contributed by atoms with Gasteiger partial charge in [-0.1, -0.05) is 23.7 Å². The van der Waals surface area contributed by atoms with Gasteiger partial charge in [0.25, 0.3) is 0 Å². The van der Waals surface area contributed by atoms with Crippen LogP contribution in [-0.4, -0.2) is 53.9 Å². The molecule has 1 amide bonds. The molecular weight excluding hydrogens is 328 g/mol. The fourth-order valence-corrected chi connectivity index (χ4v) is 3.09. The Morgan fingerprint density at radius 2 is 2.21 bits per heavy atom. The van der Waals surface area contributed by atoms with E-state index in [1.165, 1.54) is 0 Å². The summed E-state index contributed by atoms with van der Waals surface area (Å²) >= 11 is 6.14. The highest BCUT2D eigenvalue weighted by atomic mass is 35.5. The van der Waals surface area contributed by atoms with Crippen LogP contribution in [0.15, 0.2) is 36.5 Å². The summed E-state index contributed by atoms with van der Waals surface area (Å²) < 4.78 is 5.44. The number of nitrogens with one attached hydrogen (secondary N) is 2. The van der Waals surface area contributed by atoms with E-state index in [0.29, 0.717) is 31.2 Å². The molecule has 6 nitrogen and oxygen atoms in total. The van der Waals surface area contributed by atoms with E-state index in [1.54, 1.807) is 12.3 Å². The van der Waals surface area contributed by atoms with Gasteiger partial charge in [-0.2, -0.15) is 5.10 Å². The van der Waals surface area contributed by atoms with Gasteiger partial charge >= 0.3 is 0 Å². The largest absolute Gasteiger partial charge is 0.379 e. The summed E-state index contributed by atoms with van der Waals surface area (Å²) in [5.41, 5.74) is 1.91. The summed E-state index contributed by atoms with van der Waals surface area (Å²) in [6.07, 6.45) is 1.94. The number of ether oxygens (including phenoxy) is 1. The van der Waals surface area contributed by atoms with Gasteiger partial charge in [0, 0.05) is 36.5 Å². The highest BCUT2D eigenvalue weighted by Crippen LogP contribution is 2.24. The molecule has 1 fully saturated rings. The van der Waals surface area contributed by atoms with Crippen LogP contribution in [0.4, 0.5) is 0 Å². The highest BCUT2D eigenvalue weighted by molar-refractivity contribution is 6.30. The molecule has 1 aliphatic rings. The second-order valence-electron chi connectivity index (χ2n) is 5.78. The maximum absolute atomic E-state index is 12.2. The zero-order valence-corrected chi connectivity index (χ0v) is 14.1. The lowest BCUT2D eigenvalue weighted by Crippen LogP contribution is -2.44. The number of carbonyl (C=O) groups is 1. The Balaban J connectivity index is 1.66. The second-order valence-corrected chi connectivity index (χ2v) is 6.22. The summed E-state index contributed by atoms with van der Waals surface area (Å²) in [6, 6.07) is 9.69. The van der Waals surface area contributed by atoms with E-state index in [9.17, 15) is 4.79 Å². The predicted octanol–water partition coefficient (Wildman–Crippen LogP) is 1.80. The fourth-order valence-electron chi connectivity index (χ4n) is 2.89. The first-order valence-electron chi connectivity index (χ1n) is 8.04. The SMILES string of the molecule is O=C(Cc1ccn[nH]1)NC[C@@H](c1cccc(Cl)c1)N1CCOCC1. The van der Waals surface area contributed by atoms with Crippen LogP contribution in [0.25, 0.3) is 0 Å². The average molecular weight is 349 g/mol.